The van der Waals surface area contributed by atoms with Crippen LogP contribution >= 0.6 is 11.6 Å². The maximum absolute atomic E-state index is 16.2. The SMILES string of the molecule is Cc1c[nH]c2c(-c3c(F)cc4c(c3F)C[C@H](N(C(N)=O)c3ccc(Cl)cc3)C(C)(C)N4O)cccc12. The van der Waals surface area contributed by atoms with Gasteiger partial charge in [-0.05, 0) is 50.6 Å². The number of hydrogen-bond acceptors (Lipinski definition) is 3. The summed E-state index contributed by atoms with van der Waals surface area (Å²) in [6.07, 6.45) is 1.77. The quantitative estimate of drug-likeness (QED) is 0.292. The first-order valence-corrected chi connectivity index (χ1v) is 11.8. The van der Waals surface area contributed by atoms with Crippen molar-refractivity contribution in [1.82, 2.24) is 4.98 Å². The van der Waals surface area contributed by atoms with Crippen LogP contribution in [0.3, 0.4) is 0 Å². The van der Waals surface area contributed by atoms with E-state index in [1.54, 1.807) is 56.4 Å². The van der Waals surface area contributed by atoms with E-state index in [0.717, 1.165) is 22.1 Å². The average Bonchev–Trinajstić information content (AvgIpc) is 3.21. The number of H-pyrrole nitrogens is 1. The zero-order valence-corrected chi connectivity index (χ0v) is 20.7. The molecule has 9 heteroatoms. The summed E-state index contributed by atoms with van der Waals surface area (Å²) in [5.74, 6) is -1.60. The van der Waals surface area contributed by atoms with Gasteiger partial charge in [0, 0.05) is 45.9 Å². The lowest BCUT2D eigenvalue weighted by Gasteiger charge is -2.49. The van der Waals surface area contributed by atoms with Gasteiger partial charge in [0.25, 0.3) is 0 Å². The minimum absolute atomic E-state index is 0.00497. The van der Waals surface area contributed by atoms with Crippen molar-refractivity contribution >= 4 is 39.9 Å². The maximum atomic E-state index is 16.2. The van der Waals surface area contributed by atoms with Gasteiger partial charge < -0.3 is 10.7 Å². The molecule has 0 aliphatic carbocycles. The number of hydroxylamine groups is 1. The second-order valence-corrected chi connectivity index (χ2v) is 10.1. The van der Waals surface area contributed by atoms with Gasteiger partial charge in [-0.15, -0.1) is 0 Å². The zero-order valence-electron chi connectivity index (χ0n) is 19.9. The van der Waals surface area contributed by atoms with Crippen molar-refractivity contribution in [2.24, 2.45) is 5.73 Å². The third-order valence-corrected chi connectivity index (χ3v) is 7.38. The maximum Gasteiger partial charge on any atom is 0.319 e. The lowest BCUT2D eigenvalue weighted by atomic mass is 9.81. The Morgan fingerprint density at radius 3 is 2.58 bits per heavy atom. The van der Waals surface area contributed by atoms with Gasteiger partial charge >= 0.3 is 6.03 Å². The molecule has 186 valence electrons. The van der Waals surface area contributed by atoms with Crippen molar-refractivity contribution in [3.05, 3.63) is 82.5 Å². The van der Waals surface area contributed by atoms with Gasteiger partial charge in [-0.3, -0.25) is 10.1 Å². The molecule has 0 saturated heterocycles. The van der Waals surface area contributed by atoms with Gasteiger partial charge in [-0.2, -0.15) is 0 Å². The van der Waals surface area contributed by atoms with Gasteiger partial charge in [0.05, 0.1) is 28.3 Å². The molecule has 1 aromatic heterocycles. The topological polar surface area (TPSA) is 85.6 Å². The highest BCUT2D eigenvalue weighted by molar-refractivity contribution is 6.30. The summed E-state index contributed by atoms with van der Waals surface area (Å²) in [6, 6.07) is 11.3. The smallest absolute Gasteiger partial charge is 0.319 e. The third kappa shape index (κ3) is 3.60. The second kappa shape index (κ2) is 8.50. The Labute approximate surface area is 211 Å². The van der Waals surface area contributed by atoms with Crippen molar-refractivity contribution in [2.75, 3.05) is 9.96 Å². The first-order valence-electron chi connectivity index (χ1n) is 11.4. The molecule has 0 fully saturated rings. The van der Waals surface area contributed by atoms with Gasteiger partial charge in [0.1, 0.15) is 11.6 Å². The number of carbonyl (C=O) groups excluding carboxylic acids is 1. The highest BCUT2D eigenvalue weighted by Gasteiger charge is 2.47. The lowest BCUT2D eigenvalue weighted by molar-refractivity contribution is 0.137. The number of anilines is 2. The number of primary amides is 1. The van der Waals surface area contributed by atoms with E-state index >= 15 is 8.78 Å². The van der Waals surface area contributed by atoms with E-state index in [1.165, 1.54) is 4.90 Å². The summed E-state index contributed by atoms with van der Waals surface area (Å²) in [4.78, 5) is 17.0. The summed E-state index contributed by atoms with van der Waals surface area (Å²) in [5.41, 5.74) is 6.89. The Bertz CT molecular complexity index is 1500. The number of aromatic amines is 1. The number of benzene rings is 3. The second-order valence-electron chi connectivity index (χ2n) is 9.61. The zero-order chi connectivity index (χ0) is 25.9. The molecule has 36 heavy (non-hydrogen) atoms. The largest absolute Gasteiger partial charge is 0.360 e. The number of urea groups is 1. The fourth-order valence-electron chi connectivity index (χ4n) is 5.14. The van der Waals surface area contributed by atoms with Crippen molar-refractivity contribution < 1.29 is 18.8 Å². The molecule has 0 bridgehead atoms. The van der Waals surface area contributed by atoms with Crippen LogP contribution in [-0.2, 0) is 6.42 Å². The van der Waals surface area contributed by atoms with Gasteiger partial charge in [0.2, 0.25) is 0 Å². The van der Waals surface area contributed by atoms with Crippen molar-refractivity contribution in [2.45, 2.75) is 38.8 Å². The summed E-state index contributed by atoms with van der Waals surface area (Å²) < 4.78 is 31.7. The Balaban J connectivity index is 1.69. The highest BCUT2D eigenvalue weighted by atomic mass is 35.5. The van der Waals surface area contributed by atoms with Gasteiger partial charge in [-0.25, -0.2) is 18.6 Å². The summed E-state index contributed by atoms with van der Waals surface area (Å²) in [7, 11) is 0. The number of amides is 2. The first-order chi connectivity index (χ1) is 17.0. The number of aryl methyl sites for hydroxylation is 1. The predicted octanol–water partition coefficient (Wildman–Crippen LogP) is 6.56. The standard InChI is InChI=1S/C27H25ClF2N4O2/c1-14-13-32-25-17(14)5-4-6-18(25)23-20(29)12-21-19(24(23)30)11-22(27(2,3)34(21)36)33(26(31)35)16-9-7-15(28)8-10-16/h4-10,12-13,22,32,36H,11H2,1-3H3,(H2,31,35)/t22-/m0/s1. The molecule has 3 aromatic carbocycles. The number of carbonyl (C=O) groups is 1. The van der Waals surface area contributed by atoms with E-state index in [4.69, 9.17) is 17.3 Å². The Hall–Kier alpha value is -3.62. The third-order valence-electron chi connectivity index (χ3n) is 7.13. The van der Waals surface area contributed by atoms with E-state index in [2.05, 4.69) is 4.98 Å². The molecule has 4 aromatic rings. The average molecular weight is 511 g/mol. The van der Waals surface area contributed by atoms with E-state index < -0.39 is 29.2 Å². The van der Waals surface area contributed by atoms with Crippen LogP contribution in [0.2, 0.25) is 5.02 Å². The lowest BCUT2D eigenvalue weighted by Crippen LogP contribution is -2.64. The predicted molar refractivity (Wildman–Crippen MR) is 138 cm³/mol. The molecular weight excluding hydrogens is 486 g/mol. The monoisotopic (exact) mass is 510 g/mol. The molecule has 2 heterocycles. The number of aromatic nitrogens is 1. The highest BCUT2D eigenvalue weighted by Crippen LogP contribution is 2.44. The van der Waals surface area contributed by atoms with Crippen LogP contribution in [0, 0.1) is 18.6 Å². The van der Waals surface area contributed by atoms with Crippen LogP contribution in [0.15, 0.2) is 54.7 Å². The molecule has 0 saturated carbocycles. The molecule has 0 unspecified atom stereocenters. The fourth-order valence-corrected chi connectivity index (χ4v) is 5.27. The number of fused-ring (bicyclic) bond motifs is 2. The van der Waals surface area contributed by atoms with Crippen LogP contribution in [0.25, 0.3) is 22.0 Å². The molecule has 1 aliphatic heterocycles. The van der Waals surface area contributed by atoms with Crippen molar-refractivity contribution in [3.63, 3.8) is 0 Å². The molecule has 0 spiro atoms. The number of rotatable bonds is 3. The summed E-state index contributed by atoms with van der Waals surface area (Å²) >= 11 is 6.01. The first kappa shape index (κ1) is 24.1. The molecule has 6 nitrogen and oxygen atoms in total. The number of nitrogens with zero attached hydrogens (tertiary/aromatic N) is 2. The Morgan fingerprint density at radius 1 is 1.22 bits per heavy atom. The Morgan fingerprint density at radius 2 is 1.92 bits per heavy atom. The van der Waals surface area contributed by atoms with Gasteiger partial charge in [0.15, 0.2) is 0 Å². The van der Waals surface area contributed by atoms with Crippen LogP contribution in [0.1, 0.15) is 25.0 Å². The van der Waals surface area contributed by atoms with E-state index in [-0.39, 0.29) is 23.2 Å². The van der Waals surface area contributed by atoms with Crippen molar-refractivity contribution in [3.8, 4) is 11.1 Å². The van der Waals surface area contributed by atoms with Crippen LogP contribution in [-0.4, -0.2) is 27.8 Å². The summed E-state index contributed by atoms with van der Waals surface area (Å²) in [6.45, 7) is 5.27. The van der Waals surface area contributed by atoms with Crippen LogP contribution < -0.4 is 15.7 Å². The number of hydrogen-bond donors (Lipinski definition) is 3. The number of nitrogens with one attached hydrogen (secondary N) is 1. The number of nitrogens with two attached hydrogens (primary N) is 1. The molecule has 0 radical (unpaired) electrons. The fraction of sp³-hybridized carbons (Fsp3) is 0.222. The molecule has 5 rings (SSSR count). The van der Waals surface area contributed by atoms with Crippen molar-refractivity contribution in [1.29, 1.82) is 0 Å². The Kier molecular flexibility index (Phi) is 5.69. The summed E-state index contributed by atoms with van der Waals surface area (Å²) in [5, 5.41) is 13.3. The van der Waals surface area contributed by atoms with Gasteiger partial charge in [-0.1, -0.05) is 29.8 Å². The van der Waals surface area contributed by atoms with E-state index in [0.29, 0.717) is 21.8 Å². The van der Waals surface area contributed by atoms with E-state index in [1.807, 2.05) is 13.0 Å². The van der Waals surface area contributed by atoms with Crippen LogP contribution in [0.4, 0.5) is 25.0 Å². The van der Waals surface area contributed by atoms with Crippen LogP contribution in [0.5, 0.6) is 0 Å². The minimum Gasteiger partial charge on any atom is -0.360 e. The number of halogens is 3. The normalized spacial score (nSPS) is 16.8. The minimum atomic E-state index is -1.14. The number of para-hydroxylation sites is 1. The molecule has 1 aliphatic rings. The molecule has 4 N–H and O–H groups in total. The molecule has 1 atom stereocenters. The molecular formula is C27H25ClF2N4O2. The molecule has 2 amide bonds. The van der Waals surface area contributed by atoms with E-state index in [9.17, 15) is 10.0 Å².